The van der Waals surface area contributed by atoms with E-state index in [0.29, 0.717) is 17.7 Å². The first-order valence-electron chi connectivity index (χ1n) is 8.26. The normalized spacial score (nSPS) is 20.9. The van der Waals surface area contributed by atoms with Crippen molar-refractivity contribution in [2.75, 3.05) is 13.1 Å². The van der Waals surface area contributed by atoms with Crippen LogP contribution in [0.15, 0.2) is 41.1 Å². The van der Waals surface area contributed by atoms with Crippen molar-refractivity contribution in [2.45, 2.75) is 25.8 Å². The van der Waals surface area contributed by atoms with Crippen LogP contribution >= 0.6 is 15.9 Å². The Kier molecular flexibility index (Phi) is 3.97. The summed E-state index contributed by atoms with van der Waals surface area (Å²) in [5.41, 5.74) is 1.13. The molecule has 120 valence electrons. The summed E-state index contributed by atoms with van der Waals surface area (Å²) in [6, 6.07) is 8.25. The summed E-state index contributed by atoms with van der Waals surface area (Å²) in [5.74, 6) is 2.25. The third-order valence-electron chi connectivity index (χ3n) is 4.80. The van der Waals surface area contributed by atoms with Gasteiger partial charge in [-0.25, -0.2) is 4.98 Å². The highest BCUT2D eigenvalue weighted by atomic mass is 79.9. The van der Waals surface area contributed by atoms with Crippen molar-refractivity contribution in [3.05, 3.63) is 41.1 Å². The van der Waals surface area contributed by atoms with E-state index in [2.05, 4.69) is 42.5 Å². The molecule has 2 aliphatic rings. The predicted molar refractivity (Wildman–Crippen MR) is 92.8 cm³/mol. The zero-order valence-corrected chi connectivity index (χ0v) is 14.6. The van der Waals surface area contributed by atoms with E-state index in [4.69, 9.17) is 0 Å². The van der Waals surface area contributed by atoms with Gasteiger partial charge in [-0.3, -0.25) is 4.79 Å². The van der Waals surface area contributed by atoms with Gasteiger partial charge in [-0.05, 0) is 37.3 Å². The topological polar surface area (TPSA) is 38.1 Å². The van der Waals surface area contributed by atoms with E-state index in [9.17, 15) is 4.79 Å². The van der Waals surface area contributed by atoms with Gasteiger partial charge in [0.1, 0.15) is 5.82 Å². The van der Waals surface area contributed by atoms with E-state index in [1.165, 1.54) is 0 Å². The van der Waals surface area contributed by atoms with Crippen molar-refractivity contribution < 1.29 is 4.79 Å². The van der Waals surface area contributed by atoms with Crippen molar-refractivity contribution in [3.8, 4) is 11.4 Å². The van der Waals surface area contributed by atoms with E-state index < -0.39 is 0 Å². The summed E-state index contributed by atoms with van der Waals surface area (Å²) in [6.45, 7) is 2.75. The molecule has 1 saturated carbocycles. The van der Waals surface area contributed by atoms with Crippen LogP contribution in [0.5, 0.6) is 0 Å². The van der Waals surface area contributed by atoms with Crippen LogP contribution in [0.25, 0.3) is 11.4 Å². The number of amides is 1. The van der Waals surface area contributed by atoms with E-state index in [0.717, 1.165) is 54.8 Å². The van der Waals surface area contributed by atoms with E-state index >= 15 is 0 Å². The number of halogens is 1. The Morgan fingerprint density at radius 3 is 2.74 bits per heavy atom. The standard InChI is InChI=1S/C18H20BrN3O/c19-16-5-3-14(4-6-16)17-20-8-10-21(17)11-13-7-9-22(12-13)18(23)15-1-2-15/h3-6,8,10,13,15H,1-2,7,9,11-12H2. The molecule has 1 unspecified atom stereocenters. The van der Waals surface area contributed by atoms with Crippen LogP contribution in [0.3, 0.4) is 0 Å². The zero-order valence-electron chi connectivity index (χ0n) is 13.0. The Morgan fingerprint density at radius 1 is 1.22 bits per heavy atom. The molecule has 1 saturated heterocycles. The molecular weight excluding hydrogens is 354 g/mol. The molecule has 1 aliphatic carbocycles. The van der Waals surface area contributed by atoms with Gasteiger partial charge in [-0.15, -0.1) is 0 Å². The van der Waals surface area contributed by atoms with Crippen molar-refractivity contribution in [1.29, 1.82) is 0 Å². The van der Waals surface area contributed by atoms with Gasteiger partial charge in [0.25, 0.3) is 0 Å². The molecule has 0 bridgehead atoms. The molecule has 4 nitrogen and oxygen atoms in total. The van der Waals surface area contributed by atoms with E-state index in [1.807, 2.05) is 24.5 Å². The van der Waals surface area contributed by atoms with E-state index in [-0.39, 0.29) is 0 Å². The first kappa shape index (κ1) is 14.9. The lowest BCUT2D eigenvalue weighted by Gasteiger charge is -2.17. The minimum absolute atomic E-state index is 0.334. The molecular formula is C18H20BrN3O. The highest BCUT2D eigenvalue weighted by Crippen LogP contribution is 2.33. The lowest BCUT2D eigenvalue weighted by molar-refractivity contribution is -0.131. The summed E-state index contributed by atoms with van der Waals surface area (Å²) >= 11 is 3.47. The summed E-state index contributed by atoms with van der Waals surface area (Å²) < 4.78 is 3.29. The Morgan fingerprint density at radius 2 is 2.00 bits per heavy atom. The van der Waals surface area contributed by atoms with Gasteiger partial charge < -0.3 is 9.47 Å². The molecule has 2 fully saturated rings. The number of aromatic nitrogens is 2. The number of benzene rings is 1. The highest BCUT2D eigenvalue weighted by Gasteiger charge is 2.36. The summed E-state index contributed by atoms with van der Waals surface area (Å²) in [4.78, 5) is 18.8. The number of rotatable bonds is 4. The van der Waals surface area contributed by atoms with Gasteiger partial charge >= 0.3 is 0 Å². The number of hydrogen-bond donors (Lipinski definition) is 0. The average molecular weight is 374 g/mol. The minimum atomic E-state index is 0.334. The van der Waals surface area contributed by atoms with Crippen LogP contribution in [-0.4, -0.2) is 33.4 Å². The Labute approximate surface area is 144 Å². The molecule has 1 aliphatic heterocycles. The molecule has 2 heterocycles. The van der Waals surface area contributed by atoms with Crippen LogP contribution < -0.4 is 0 Å². The van der Waals surface area contributed by atoms with Gasteiger partial charge in [0, 0.05) is 48.0 Å². The molecule has 0 N–H and O–H groups in total. The first-order chi connectivity index (χ1) is 11.2. The molecule has 0 radical (unpaired) electrons. The van der Waals surface area contributed by atoms with Crippen molar-refractivity contribution in [3.63, 3.8) is 0 Å². The minimum Gasteiger partial charge on any atom is -0.342 e. The number of carbonyl (C=O) groups excluding carboxylic acids is 1. The molecule has 4 rings (SSSR count). The highest BCUT2D eigenvalue weighted by molar-refractivity contribution is 9.10. The summed E-state index contributed by atoms with van der Waals surface area (Å²) in [7, 11) is 0. The maximum Gasteiger partial charge on any atom is 0.225 e. The fourth-order valence-electron chi connectivity index (χ4n) is 3.36. The second-order valence-electron chi connectivity index (χ2n) is 6.62. The average Bonchev–Trinajstić information content (AvgIpc) is 3.14. The van der Waals surface area contributed by atoms with Gasteiger partial charge in [-0.1, -0.05) is 28.1 Å². The molecule has 1 aromatic heterocycles. The lowest BCUT2D eigenvalue weighted by atomic mass is 10.1. The summed E-state index contributed by atoms with van der Waals surface area (Å²) in [5, 5.41) is 0. The Bertz CT molecular complexity index is 705. The zero-order chi connectivity index (χ0) is 15.8. The van der Waals surface area contributed by atoms with E-state index in [1.54, 1.807) is 0 Å². The van der Waals surface area contributed by atoms with Crippen molar-refractivity contribution in [2.24, 2.45) is 11.8 Å². The Hall–Kier alpha value is -1.62. The van der Waals surface area contributed by atoms with Gasteiger partial charge in [0.2, 0.25) is 5.91 Å². The number of likely N-dealkylation sites (tertiary alicyclic amines) is 1. The SMILES string of the molecule is O=C(C1CC1)N1CCC(Cn2ccnc2-c2ccc(Br)cc2)C1. The second kappa shape index (κ2) is 6.11. The van der Waals surface area contributed by atoms with Crippen LogP contribution in [0.4, 0.5) is 0 Å². The molecule has 1 aromatic carbocycles. The monoisotopic (exact) mass is 373 g/mol. The molecule has 0 spiro atoms. The summed E-state index contributed by atoms with van der Waals surface area (Å²) in [6.07, 6.45) is 7.18. The number of hydrogen-bond acceptors (Lipinski definition) is 2. The quantitative estimate of drug-likeness (QED) is 0.821. The fraction of sp³-hybridized carbons (Fsp3) is 0.444. The fourth-order valence-corrected chi connectivity index (χ4v) is 3.63. The third-order valence-corrected chi connectivity index (χ3v) is 5.33. The maximum absolute atomic E-state index is 12.2. The van der Waals surface area contributed by atoms with Crippen LogP contribution in [0, 0.1) is 11.8 Å². The van der Waals surface area contributed by atoms with Crippen molar-refractivity contribution in [1.82, 2.24) is 14.5 Å². The second-order valence-corrected chi connectivity index (χ2v) is 7.54. The third kappa shape index (κ3) is 3.20. The largest absolute Gasteiger partial charge is 0.342 e. The van der Waals surface area contributed by atoms with Gasteiger partial charge in [0.15, 0.2) is 0 Å². The molecule has 5 heteroatoms. The molecule has 23 heavy (non-hydrogen) atoms. The molecule has 2 aromatic rings. The number of carbonyl (C=O) groups is 1. The van der Waals surface area contributed by atoms with Crippen LogP contribution in [0.2, 0.25) is 0 Å². The van der Waals surface area contributed by atoms with Crippen molar-refractivity contribution >= 4 is 21.8 Å². The predicted octanol–water partition coefficient (Wildman–Crippen LogP) is 3.57. The van der Waals surface area contributed by atoms with Gasteiger partial charge in [0.05, 0.1) is 0 Å². The smallest absolute Gasteiger partial charge is 0.225 e. The number of nitrogens with zero attached hydrogens (tertiary/aromatic N) is 3. The van der Waals surface area contributed by atoms with Crippen LogP contribution in [-0.2, 0) is 11.3 Å². The molecule has 1 atom stereocenters. The van der Waals surface area contributed by atoms with Crippen LogP contribution in [0.1, 0.15) is 19.3 Å². The molecule has 1 amide bonds. The first-order valence-corrected chi connectivity index (χ1v) is 9.06. The number of imidazole rings is 1. The maximum atomic E-state index is 12.2. The van der Waals surface area contributed by atoms with Gasteiger partial charge in [-0.2, -0.15) is 0 Å². The lowest BCUT2D eigenvalue weighted by Crippen LogP contribution is -2.30. The Balaban J connectivity index is 1.45.